The van der Waals surface area contributed by atoms with E-state index in [0.29, 0.717) is 0 Å². The van der Waals surface area contributed by atoms with E-state index in [1.54, 1.807) is 0 Å². The second kappa shape index (κ2) is 5.95. The van der Waals surface area contributed by atoms with E-state index in [9.17, 15) is 0 Å². The average Bonchev–Trinajstić information content (AvgIpc) is 2.18. The fourth-order valence-corrected chi connectivity index (χ4v) is 2.01. The molecule has 0 spiro atoms. The van der Waals surface area contributed by atoms with Crippen LogP contribution in [0.4, 0.5) is 0 Å². The van der Waals surface area contributed by atoms with Crippen molar-refractivity contribution in [3.63, 3.8) is 0 Å². The Morgan fingerprint density at radius 2 is 2.27 bits per heavy atom. The summed E-state index contributed by atoms with van der Waals surface area (Å²) in [7, 11) is 0. The maximum Gasteiger partial charge on any atom is -0.0170 e. The summed E-state index contributed by atoms with van der Waals surface area (Å²) in [6.45, 7) is 8.91. The third-order valence-electron chi connectivity index (χ3n) is 3.22. The first-order chi connectivity index (χ1) is 7.09. The average molecular weight is 204 g/mol. The summed E-state index contributed by atoms with van der Waals surface area (Å²) in [5.41, 5.74) is 2.86. The van der Waals surface area contributed by atoms with Crippen molar-refractivity contribution in [2.24, 2.45) is 11.8 Å². The summed E-state index contributed by atoms with van der Waals surface area (Å²) in [5.74, 6) is 1.57. The quantitative estimate of drug-likeness (QED) is 0.572. The fourth-order valence-electron chi connectivity index (χ4n) is 2.01. The molecule has 0 N–H and O–H groups in total. The van der Waals surface area contributed by atoms with E-state index in [4.69, 9.17) is 0 Å². The van der Waals surface area contributed by atoms with Crippen LogP contribution in [-0.4, -0.2) is 0 Å². The minimum atomic E-state index is 0.763. The van der Waals surface area contributed by atoms with Gasteiger partial charge in [-0.15, -0.1) is 0 Å². The summed E-state index contributed by atoms with van der Waals surface area (Å²) in [6, 6.07) is 0. The highest BCUT2D eigenvalue weighted by atomic mass is 14.2. The molecule has 0 saturated heterocycles. The third kappa shape index (κ3) is 4.51. The van der Waals surface area contributed by atoms with E-state index >= 15 is 0 Å². The summed E-state index contributed by atoms with van der Waals surface area (Å²) in [6.07, 6.45) is 13.2. The van der Waals surface area contributed by atoms with E-state index in [0.717, 1.165) is 11.8 Å². The molecule has 0 aromatic heterocycles. The van der Waals surface area contributed by atoms with E-state index in [1.807, 2.05) is 0 Å². The van der Waals surface area contributed by atoms with E-state index < -0.39 is 0 Å². The summed E-state index contributed by atoms with van der Waals surface area (Å²) in [5, 5.41) is 0. The Hall–Kier alpha value is -0.780. The van der Waals surface area contributed by atoms with Crippen molar-refractivity contribution < 1.29 is 0 Å². The minimum Gasteiger partial charge on any atom is -0.0859 e. The smallest absolute Gasteiger partial charge is 0.0170 e. The van der Waals surface area contributed by atoms with Crippen LogP contribution < -0.4 is 0 Å². The zero-order valence-corrected chi connectivity index (χ0v) is 10.6. The zero-order chi connectivity index (χ0) is 11.3. The minimum absolute atomic E-state index is 0.763. The lowest BCUT2D eigenvalue weighted by molar-refractivity contribution is 0.403. The van der Waals surface area contributed by atoms with Gasteiger partial charge in [0.05, 0.1) is 0 Å². The predicted octanol–water partition coefficient (Wildman–Crippen LogP) is 4.89. The van der Waals surface area contributed by atoms with Crippen molar-refractivity contribution in [2.45, 2.75) is 47.0 Å². The first-order valence-electron chi connectivity index (χ1n) is 6.08. The highest BCUT2D eigenvalue weighted by Gasteiger charge is 2.14. The van der Waals surface area contributed by atoms with Crippen LogP contribution in [0.5, 0.6) is 0 Å². The van der Waals surface area contributed by atoms with E-state index in [1.165, 1.54) is 30.4 Å². The topological polar surface area (TPSA) is 0 Å². The van der Waals surface area contributed by atoms with Crippen LogP contribution in [0.25, 0.3) is 0 Å². The lowest BCUT2D eigenvalue weighted by Crippen LogP contribution is -2.10. The predicted molar refractivity (Wildman–Crippen MR) is 68.8 cm³/mol. The highest BCUT2D eigenvalue weighted by Crippen LogP contribution is 2.26. The van der Waals surface area contributed by atoms with E-state index in [2.05, 4.69) is 52.0 Å². The lowest BCUT2D eigenvalue weighted by atomic mass is 9.84. The van der Waals surface area contributed by atoms with Gasteiger partial charge in [-0.1, -0.05) is 42.4 Å². The maximum atomic E-state index is 2.39. The van der Waals surface area contributed by atoms with Crippen molar-refractivity contribution in [1.82, 2.24) is 0 Å². The van der Waals surface area contributed by atoms with Crippen molar-refractivity contribution in [3.05, 3.63) is 35.5 Å². The molecule has 0 heterocycles. The number of hydrogen-bond donors (Lipinski definition) is 0. The van der Waals surface area contributed by atoms with Crippen molar-refractivity contribution >= 4 is 0 Å². The Labute approximate surface area is 94.8 Å². The molecule has 0 radical (unpaired) electrons. The van der Waals surface area contributed by atoms with E-state index in [-0.39, 0.29) is 0 Å². The molecular weight excluding hydrogens is 180 g/mol. The molecular formula is C15H24. The molecule has 0 amide bonds. The zero-order valence-electron chi connectivity index (χ0n) is 10.6. The second-order valence-electron chi connectivity index (χ2n) is 5.04. The molecule has 0 saturated carbocycles. The molecule has 1 aliphatic carbocycles. The molecule has 0 bridgehead atoms. The van der Waals surface area contributed by atoms with Gasteiger partial charge in [-0.25, -0.2) is 0 Å². The highest BCUT2D eigenvalue weighted by molar-refractivity contribution is 5.21. The van der Waals surface area contributed by atoms with Crippen LogP contribution in [0.3, 0.4) is 0 Å². The Balaban J connectivity index is 2.33. The lowest BCUT2D eigenvalue weighted by Gasteiger charge is -2.21. The summed E-state index contributed by atoms with van der Waals surface area (Å²) in [4.78, 5) is 0. The normalized spacial score (nSPS) is 22.1. The van der Waals surface area contributed by atoms with Gasteiger partial charge in [0.2, 0.25) is 0 Å². The summed E-state index contributed by atoms with van der Waals surface area (Å²) < 4.78 is 0. The second-order valence-corrected chi connectivity index (χ2v) is 5.04. The van der Waals surface area contributed by atoms with Crippen molar-refractivity contribution in [2.75, 3.05) is 0 Å². The molecule has 0 heteroatoms. The number of allylic oxidation sites excluding steroid dienone is 6. The Kier molecular flexibility index (Phi) is 4.87. The van der Waals surface area contributed by atoms with Crippen LogP contribution >= 0.6 is 0 Å². The monoisotopic (exact) mass is 204 g/mol. The summed E-state index contributed by atoms with van der Waals surface area (Å²) >= 11 is 0. The molecule has 1 aliphatic rings. The van der Waals surface area contributed by atoms with Gasteiger partial charge in [-0.3, -0.25) is 0 Å². The van der Waals surface area contributed by atoms with Crippen LogP contribution in [0.1, 0.15) is 47.0 Å². The third-order valence-corrected chi connectivity index (χ3v) is 3.22. The fraction of sp³-hybridized carbons (Fsp3) is 0.600. The van der Waals surface area contributed by atoms with Gasteiger partial charge in [-0.05, 0) is 51.9 Å². The molecule has 0 unspecified atom stereocenters. The SMILES string of the molecule is CC(C)=CCC[C@@H](C)[C@H]1C=CC(C)=CC1. The molecule has 0 fully saturated rings. The van der Waals surface area contributed by atoms with Gasteiger partial charge in [0.15, 0.2) is 0 Å². The first-order valence-corrected chi connectivity index (χ1v) is 6.08. The first kappa shape index (κ1) is 12.3. The molecule has 2 atom stereocenters. The van der Waals surface area contributed by atoms with Gasteiger partial charge in [0.1, 0.15) is 0 Å². The molecule has 84 valence electrons. The number of hydrogen-bond acceptors (Lipinski definition) is 0. The van der Waals surface area contributed by atoms with Crippen LogP contribution in [0.15, 0.2) is 35.5 Å². The van der Waals surface area contributed by atoms with Crippen LogP contribution in [-0.2, 0) is 0 Å². The van der Waals surface area contributed by atoms with Gasteiger partial charge >= 0.3 is 0 Å². The molecule has 0 nitrogen and oxygen atoms in total. The Morgan fingerprint density at radius 1 is 1.53 bits per heavy atom. The van der Waals surface area contributed by atoms with Crippen LogP contribution in [0, 0.1) is 11.8 Å². The number of rotatable bonds is 4. The molecule has 0 aromatic carbocycles. The maximum absolute atomic E-state index is 2.39. The Morgan fingerprint density at radius 3 is 2.80 bits per heavy atom. The van der Waals surface area contributed by atoms with Crippen molar-refractivity contribution in [3.8, 4) is 0 Å². The van der Waals surface area contributed by atoms with Gasteiger partial charge in [-0.2, -0.15) is 0 Å². The Bertz CT molecular complexity index is 274. The molecule has 0 aromatic rings. The largest absolute Gasteiger partial charge is 0.0859 e. The standard InChI is InChI=1S/C15H24/c1-12(2)6-5-7-14(4)15-10-8-13(3)9-11-15/h6,8-10,14-15H,5,7,11H2,1-4H3/t14-,15+/m1/s1. The van der Waals surface area contributed by atoms with Gasteiger partial charge in [0, 0.05) is 0 Å². The molecule has 15 heavy (non-hydrogen) atoms. The van der Waals surface area contributed by atoms with Crippen LogP contribution in [0.2, 0.25) is 0 Å². The van der Waals surface area contributed by atoms with Gasteiger partial charge < -0.3 is 0 Å². The van der Waals surface area contributed by atoms with Crippen molar-refractivity contribution in [1.29, 1.82) is 0 Å². The molecule has 0 aliphatic heterocycles. The van der Waals surface area contributed by atoms with Gasteiger partial charge in [0.25, 0.3) is 0 Å². The molecule has 1 rings (SSSR count).